The molecular weight excluding hydrogens is 284 g/mol. The van der Waals surface area contributed by atoms with Gasteiger partial charge in [-0.1, -0.05) is 38.5 Å². The Bertz CT molecular complexity index is 801. The second kappa shape index (κ2) is 5.05. The van der Waals surface area contributed by atoms with Gasteiger partial charge >= 0.3 is 0 Å². The summed E-state index contributed by atoms with van der Waals surface area (Å²) in [5.74, 6) is 0. The molecule has 0 aliphatic heterocycles. The molecule has 0 N–H and O–H groups in total. The van der Waals surface area contributed by atoms with Crippen molar-refractivity contribution in [1.82, 2.24) is 3.97 Å². The monoisotopic (exact) mass is 302 g/mol. The number of nitriles is 1. The van der Waals surface area contributed by atoms with Crippen molar-refractivity contribution < 1.29 is 8.42 Å². The molecule has 0 radical (unpaired) electrons. The van der Waals surface area contributed by atoms with E-state index in [0.717, 1.165) is 15.1 Å². The van der Waals surface area contributed by atoms with Gasteiger partial charge in [0.1, 0.15) is 11.8 Å². The van der Waals surface area contributed by atoms with Gasteiger partial charge in [-0.05, 0) is 36.1 Å². The number of nitrogens with zero attached hydrogens (tertiary/aromatic N) is 2. The molecule has 4 nitrogen and oxygen atoms in total. The fourth-order valence-electron chi connectivity index (χ4n) is 2.15. The van der Waals surface area contributed by atoms with Crippen LogP contribution in [0.3, 0.4) is 0 Å². The largest absolute Gasteiger partial charge is 0.268 e. The number of aryl methyl sites for hydroxylation is 1. The van der Waals surface area contributed by atoms with Crippen LogP contribution in [0.5, 0.6) is 0 Å². The fraction of sp³-hybridized carbons (Fsp3) is 0.312. The second-order valence-corrected chi connectivity index (χ2v) is 7.87. The summed E-state index contributed by atoms with van der Waals surface area (Å²) in [6.07, 6.45) is 1.45. The molecule has 110 valence electrons. The van der Waals surface area contributed by atoms with E-state index in [-0.39, 0.29) is 16.0 Å². The lowest BCUT2D eigenvalue weighted by molar-refractivity contribution is 0.580. The van der Waals surface area contributed by atoms with Crippen LogP contribution in [0.2, 0.25) is 0 Å². The maximum absolute atomic E-state index is 12.7. The highest BCUT2D eigenvalue weighted by atomic mass is 32.2. The van der Waals surface area contributed by atoms with Gasteiger partial charge in [0.2, 0.25) is 0 Å². The minimum Gasteiger partial charge on any atom is -0.231 e. The second-order valence-electron chi connectivity index (χ2n) is 6.05. The van der Waals surface area contributed by atoms with Crippen LogP contribution in [0.25, 0.3) is 0 Å². The van der Waals surface area contributed by atoms with E-state index in [2.05, 4.69) is 0 Å². The average molecular weight is 302 g/mol. The highest BCUT2D eigenvalue weighted by Gasteiger charge is 2.26. The maximum Gasteiger partial charge on any atom is 0.268 e. The first-order chi connectivity index (χ1) is 9.67. The molecule has 21 heavy (non-hydrogen) atoms. The molecule has 0 spiro atoms. The Hall–Kier alpha value is -2.06. The summed E-state index contributed by atoms with van der Waals surface area (Å²) in [5.41, 5.74) is 1.58. The first-order valence-corrected chi connectivity index (χ1v) is 8.06. The van der Waals surface area contributed by atoms with Crippen LogP contribution in [-0.4, -0.2) is 12.4 Å². The lowest BCUT2D eigenvalue weighted by Gasteiger charge is -2.18. The first-order valence-electron chi connectivity index (χ1n) is 6.62. The van der Waals surface area contributed by atoms with E-state index in [9.17, 15) is 13.7 Å². The molecule has 0 aliphatic carbocycles. The van der Waals surface area contributed by atoms with Crippen LogP contribution >= 0.6 is 0 Å². The van der Waals surface area contributed by atoms with Gasteiger partial charge in [-0.3, -0.25) is 0 Å². The Morgan fingerprint density at radius 3 is 2.14 bits per heavy atom. The van der Waals surface area contributed by atoms with Crippen molar-refractivity contribution in [3.8, 4) is 6.07 Å². The Morgan fingerprint density at radius 1 is 1.10 bits per heavy atom. The third kappa shape index (κ3) is 2.72. The lowest BCUT2D eigenvalue weighted by atomic mass is 9.87. The molecule has 1 aromatic heterocycles. The predicted octanol–water partition coefficient (Wildman–Crippen LogP) is 3.20. The summed E-state index contributed by atoms with van der Waals surface area (Å²) < 4.78 is 26.4. The minimum absolute atomic E-state index is 0.170. The molecule has 1 heterocycles. The molecule has 0 unspecified atom stereocenters. The van der Waals surface area contributed by atoms with E-state index in [0.29, 0.717) is 0 Å². The van der Waals surface area contributed by atoms with Crippen molar-refractivity contribution in [1.29, 1.82) is 5.26 Å². The first kappa shape index (κ1) is 15.3. The van der Waals surface area contributed by atoms with E-state index in [1.165, 1.54) is 6.20 Å². The van der Waals surface area contributed by atoms with Gasteiger partial charge in [0, 0.05) is 6.20 Å². The molecule has 0 fully saturated rings. The fourth-order valence-corrected chi connectivity index (χ4v) is 3.46. The Labute approximate surface area is 125 Å². The van der Waals surface area contributed by atoms with Crippen molar-refractivity contribution in [2.24, 2.45) is 0 Å². The SMILES string of the molecule is Cc1ccc(S(=O)(=O)n2ccc(C(C)(C)C)c2C#N)cc1. The summed E-state index contributed by atoms with van der Waals surface area (Å²) in [6.45, 7) is 7.74. The van der Waals surface area contributed by atoms with Crippen molar-refractivity contribution in [2.75, 3.05) is 0 Å². The Morgan fingerprint density at radius 2 is 1.67 bits per heavy atom. The smallest absolute Gasteiger partial charge is 0.231 e. The topological polar surface area (TPSA) is 62.9 Å². The number of hydrogen-bond acceptors (Lipinski definition) is 3. The lowest BCUT2D eigenvalue weighted by Crippen LogP contribution is -2.17. The van der Waals surface area contributed by atoms with E-state index >= 15 is 0 Å². The molecule has 2 aromatic rings. The van der Waals surface area contributed by atoms with Crippen LogP contribution in [0, 0.1) is 18.3 Å². The van der Waals surface area contributed by atoms with E-state index in [4.69, 9.17) is 0 Å². The zero-order chi connectivity index (χ0) is 15.8. The quantitative estimate of drug-likeness (QED) is 0.855. The number of rotatable bonds is 2. The average Bonchev–Trinajstić information content (AvgIpc) is 2.83. The van der Waals surface area contributed by atoms with E-state index < -0.39 is 10.0 Å². The molecule has 0 saturated heterocycles. The zero-order valence-electron chi connectivity index (χ0n) is 12.6. The third-order valence-electron chi connectivity index (χ3n) is 3.34. The van der Waals surface area contributed by atoms with Crippen molar-refractivity contribution >= 4 is 10.0 Å². The number of aromatic nitrogens is 1. The van der Waals surface area contributed by atoms with Crippen molar-refractivity contribution in [3.63, 3.8) is 0 Å². The molecular formula is C16H18N2O2S. The Kier molecular flexibility index (Phi) is 3.68. The van der Waals surface area contributed by atoms with Gasteiger partial charge in [0.25, 0.3) is 10.0 Å². The number of benzene rings is 1. The zero-order valence-corrected chi connectivity index (χ0v) is 13.4. The van der Waals surface area contributed by atoms with E-state index in [1.807, 2.05) is 33.8 Å². The van der Waals surface area contributed by atoms with Crippen LogP contribution in [-0.2, 0) is 15.4 Å². The summed E-state index contributed by atoms with van der Waals surface area (Å²) in [4.78, 5) is 0.181. The Balaban J connectivity index is 2.65. The van der Waals surface area contributed by atoms with Gasteiger partial charge in [-0.2, -0.15) is 5.26 Å². The molecule has 1 aromatic carbocycles. The van der Waals surface area contributed by atoms with Crippen LogP contribution in [0.1, 0.15) is 37.6 Å². The van der Waals surface area contributed by atoms with Crippen molar-refractivity contribution in [2.45, 2.75) is 38.0 Å². The van der Waals surface area contributed by atoms with Gasteiger partial charge < -0.3 is 0 Å². The third-order valence-corrected chi connectivity index (χ3v) is 5.03. The molecule has 0 saturated carbocycles. The maximum atomic E-state index is 12.7. The molecule has 0 aliphatic rings. The summed E-state index contributed by atoms with van der Waals surface area (Å²) in [6, 6.07) is 10.3. The van der Waals surface area contributed by atoms with Crippen LogP contribution < -0.4 is 0 Å². The normalized spacial score (nSPS) is 12.1. The highest BCUT2D eigenvalue weighted by molar-refractivity contribution is 7.90. The van der Waals surface area contributed by atoms with Gasteiger partial charge in [-0.25, -0.2) is 12.4 Å². The van der Waals surface area contributed by atoms with Gasteiger partial charge in [-0.15, -0.1) is 0 Å². The molecule has 0 bridgehead atoms. The summed E-state index contributed by atoms with van der Waals surface area (Å²) in [7, 11) is -3.74. The molecule has 0 amide bonds. The molecule has 0 atom stereocenters. The van der Waals surface area contributed by atoms with Gasteiger partial charge in [0.15, 0.2) is 0 Å². The van der Waals surface area contributed by atoms with Crippen LogP contribution in [0.15, 0.2) is 41.4 Å². The van der Waals surface area contributed by atoms with E-state index in [1.54, 1.807) is 30.3 Å². The molecule has 2 rings (SSSR count). The minimum atomic E-state index is -3.74. The molecule has 5 heteroatoms. The van der Waals surface area contributed by atoms with Gasteiger partial charge in [0.05, 0.1) is 4.90 Å². The predicted molar refractivity (Wildman–Crippen MR) is 81.6 cm³/mol. The van der Waals surface area contributed by atoms with Crippen molar-refractivity contribution in [3.05, 3.63) is 53.3 Å². The number of hydrogen-bond donors (Lipinski definition) is 0. The summed E-state index contributed by atoms with van der Waals surface area (Å²) >= 11 is 0. The summed E-state index contributed by atoms with van der Waals surface area (Å²) in [5, 5.41) is 9.37. The van der Waals surface area contributed by atoms with Crippen LogP contribution in [0.4, 0.5) is 0 Å². The highest BCUT2D eigenvalue weighted by Crippen LogP contribution is 2.28. The standard InChI is InChI=1S/C16H18N2O2S/c1-12-5-7-13(8-6-12)21(19,20)18-10-9-14(15(18)11-17)16(2,3)4/h5-10H,1-4H3.